The molecule has 0 radical (unpaired) electrons. The molecule has 0 bridgehead atoms. The fourth-order valence-electron chi connectivity index (χ4n) is 0.637. The van der Waals surface area contributed by atoms with Crippen molar-refractivity contribution in [2.45, 2.75) is 12.8 Å². The first kappa shape index (κ1) is 10.4. The maximum Gasteiger partial charge on any atom is 0.305 e. The van der Waals surface area contributed by atoms with Crippen molar-refractivity contribution in [1.29, 1.82) is 0 Å². The molecule has 0 heterocycles. The van der Waals surface area contributed by atoms with Crippen LogP contribution in [0.2, 0.25) is 0 Å². The highest BCUT2D eigenvalue weighted by atomic mass is 16.5. The van der Waals surface area contributed by atoms with E-state index in [1.54, 1.807) is 0 Å². The second-order valence-electron chi connectivity index (χ2n) is 2.48. The summed E-state index contributed by atoms with van der Waals surface area (Å²) in [6.45, 7) is 0.808. The topological polar surface area (TPSA) is 41.6 Å². The Morgan fingerprint density at radius 2 is 2.18 bits per heavy atom. The SMILES string of the molecule is COC(=O)CCCNN(C)C. The van der Waals surface area contributed by atoms with Crippen molar-refractivity contribution in [2.75, 3.05) is 27.7 Å². The number of esters is 1. The first-order valence-corrected chi connectivity index (χ1v) is 3.64. The van der Waals surface area contributed by atoms with Gasteiger partial charge in [-0.3, -0.25) is 15.2 Å². The van der Waals surface area contributed by atoms with Crippen molar-refractivity contribution in [2.24, 2.45) is 0 Å². The molecule has 0 aliphatic rings. The monoisotopic (exact) mass is 160 g/mol. The maximum atomic E-state index is 10.6. The van der Waals surface area contributed by atoms with Crippen molar-refractivity contribution in [3.05, 3.63) is 0 Å². The normalized spacial score (nSPS) is 10.2. The molecule has 0 rings (SSSR count). The van der Waals surface area contributed by atoms with E-state index in [1.807, 2.05) is 19.1 Å². The zero-order valence-corrected chi connectivity index (χ0v) is 7.39. The molecule has 0 atom stereocenters. The molecule has 0 aromatic rings. The Balaban J connectivity index is 3.08. The van der Waals surface area contributed by atoms with Crippen LogP contribution in [-0.4, -0.2) is 38.7 Å². The van der Waals surface area contributed by atoms with Gasteiger partial charge in [-0.15, -0.1) is 0 Å². The fraction of sp³-hybridized carbons (Fsp3) is 0.857. The van der Waals surface area contributed by atoms with Crippen LogP contribution < -0.4 is 5.43 Å². The first-order valence-electron chi connectivity index (χ1n) is 3.64. The molecule has 0 spiro atoms. The van der Waals surface area contributed by atoms with Crippen LogP contribution in [0.15, 0.2) is 0 Å². The second-order valence-corrected chi connectivity index (χ2v) is 2.48. The van der Waals surface area contributed by atoms with Crippen LogP contribution in [0.25, 0.3) is 0 Å². The molecule has 1 N–H and O–H groups in total. The van der Waals surface area contributed by atoms with Crippen molar-refractivity contribution in [3.8, 4) is 0 Å². The van der Waals surface area contributed by atoms with Crippen LogP contribution in [0, 0.1) is 0 Å². The molecule has 0 amide bonds. The van der Waals surface area contributed by atoms with Crippen molar-refractivity contribution < 1.29 is 9.53 Å². The highest BCUT2D eigenvalue weighted by Gasteiger charge is 1.98. The number of carbonyl (C=O) groups excluding carboxylic acids is 1. The molecule has 0 aliphatic carbocycles. The number of nitrogens with zero attached hydrogens (tertiary/aromatic N) is 1. The molecule has 0 aromatic carbocycles. The third kappa shape index (κ3) is 7.29. The molecule has 66 valence electrons. The van der Waals surface area contributed by atoms with Gasteiger partial charge in [0.05, 0.1) is 7.11 Å². The molecule has 11 heavy (non-hydrogen) atoms. The Labute approximate surface area is 67.5 Å². The minimum absolute atomic E-state index is 0.148. The molecule has 0 saturated heterocycles. The van der Waals surface area contributed by atoms with Gasteiger partial charge in [-0.1, -0.05) is 0 Å². The predicted molar refractivity (Wildman–Crippen MR) is 42.9 cm³/mol. The van der Waals surface area contributed by atoms with Gasteiger partial charge in [-0.05, 0) is 6.42 Å². The zero-order chi connectivity index (χ0) is 8.69. The molecular weight excluding hydrogens is 144 g/mol. The summed E-state index contributed by atoms with van der Waals surface area (Å²) in [6, 6.07) is 0. The van der Waals surface area contributed by atoms with E-state index in [-0.39, 0.29) is 5.97 Å². The Morgan fingerprint density at radius 1 is 1.55 bits per heavy atom. The summed E-state index contributed by atoms with van der Waals surface area (Å²) < 4.78 is 4.48. The maximum absolute atomic E-state index is 10.6. The number of rotatable bonds is 5. The van der Waals surface area contributed by atoms with Gasteiger partial charge in [-0.2, -0.15) is 0 Å². The summed E-state index contributed by atoms with van der Waals surface area (Å²) in [4.78, 5) is 10.6. The lowest BCUT2D eigenvalue weighted by molar-refractivity contribution is -0.140. The predicted octanol–water partition coefficient (Wildman–Crippen LogP) is 0.00580. The molecule has 0 fully saturated rings. The van der Waals surface area contributed by atoms with Crippen molar-refractivity contribution in [1.82, 2.24) is 10.4 Å². The molecule has 0 saturated carbocycles. The van der Waals surface area contributed by atoms with E-state index in [0.29, 0.717) is 6.42 Å². The molecule has 4 heteroatoms. The summed E-state index contributed by atoms with van der Waals surface area (Å²) in [5.74, 6) is -0.148. The summed E-state index contributed by atoms with van der Waals surface area (Å²) in [6.07, 6.45) is 1.29. The molecule has 4 nitrogen and oxygen atoms in total. The van der Waals surface area contributed by atoms with Gasteiger partial charge in [0, 0.05) is 27.1 Å². The average molecular weight is 160 g/mol. The third-order valence-electron chi connectivity index (χ3n) is 1.21. The number of hydrogen-bond acceptors (Lipinski definition) is 4. The van der Waals surface area contributed by atoms with E-state index in [1.165, 1.54) is 7.11 Å². The van der Waals surface area contributed by atoms with Crippen LogP contribution >= 0.6 is 0 Å². The van der Waals surface area contributed by atoms with E-state index in [2.05, 4.69) is 10.2 Å². The Bertz CT molecular complexity index is 115. The van der Waals surface area contributed by atoms with Gasteiger partial charge < -0.3 is 4.74 Å². The number of hydrogen-bond donors (Lipinski definition) is 1. The standard InChI is InChI=1S/C7H16N2O2/c1-9(2)8-6-4-5-7(10)11-3/h8H,4-6H2,1-3H3. The van der Waals surface area contributed by atoms with Gasteiger partial charge in [0.1, 0.15) is 0 Å². The van der Waals surface area contributed by atoms with E-state index in [4.69, 9.17) is 0 Å². The van der Waals surface area contributed by atoms with Gasteiger partial charge in [-0.25, -0.2) is 0 Å². The van der Waals surface area contributed by atoms with Gasteiger partial charge in [0.25, 0.3) is 0 Å². The Hall–Kier alpha value is -0.610. The quantitative estimate of drug-likeness (QED) is 0.349. The minimum atomic E-state index is -0.148. The third-order valence-corrected chi connectivity index (χ3v) is 1.21. The summed E-state index contributed by atoms with van der Waals surface area (Å²) >= 11 is 0. The van der Waals surface area contributed by atoms with Crippen molar-refractivity contribution in [3.63, 3.8) is 0 Å². The van der Waals surface area contributed by atoms with Crippen LogP contribution in [0.5, 0.6) is 0 Å². The Kier molecular flexibility index (Phi) is 5.78. The number of carbonyl (C=O) groups is 1. The molecule has 0 aromatic heterocycles. The smallest absolute Gasteiger partial charge is 0.305 e. The summed E-state index contributed by atoms with van der Waals surface area (Å²) in [5.41, 5.74) is 3.05. The lowest BCUT2D eigenvalue weighted by Crippen LogP contribution is -2.31. The van der Waals surface area contributed by atoms with Crippen LogP contribution in [0.1, 0.15) is 12.8 Å². The lowest BCUT2D eigenvalue weighted by Gasteiger charge is -2.10. The van der Waals surface area contributed by atoms with E-state index < -0.39 is 0 Å². The second kappa shape index (κ2) is 6.12. The lowest BCUT2D eigenvalue weighted by atomic mass is 10.3. The first-order chi connectivity index (χ1) is 5.16. The largest absolute Gasteiger partial charge is 0.469 e. The average Bonchev–Trinajstić information content (AvgIpc) is 1.97. The highest BCUT2D eigenvalue weighted by Crippen LogP contribution is 1.89. The zero-order valence-electron chi connectivity index (χ0n) is 7.39. The molecule has 0 aliphatic heterocycles. The fourth-order valence-corrected chi connectivity index (χ4v) is 0.637. The number of ether oxygens (including phenoxy) is 1. The van der Waals surface area contributed by atoms with Crippen LogP contribution in [0.4, 0.5) is 0 Å². The van der Waals surface area contributed by atoms with Gasteiger partial charge >= 0.3 is 5.97 Å². The van der Waals surface area contributed by atoms with E-state index >= 15 is 0 Å². The van der Waals surface area contributed by atoms with Gasteiger partial charge in [0.15, 0.2) is 0 Å². The van der Waals surface area contributed by atoms with Crippen LogP contribution in [0.3, 0.4) is 0 Å². The Morgan fingerprint density at radius 3 is 2.64 bits per heavy atom. The van der Waals surface area contributed by atoms with Crippen molar-refractivity contribution >= 4 is 5.97 Å². The number of nitrogens with one attached hydrogen (secondary N) is 1. The molecular formula is C7H16N2O2. The number of methoxy groups -OCH3 is 1. The van der Waals surface area contributed by atoms with Gasteiger partial charge in [0.2, 0.25) is 0 Å². The van der Waals surface area contributed by atoms with Crippen LogP contribution in [-0.2, 0) is 9.53 Å². The highest BCUT2D eigenvalue weighted by molar-refractivity contribution is 5.68. The summed E-state index contributed by atoms with van der Waals surface area (Å²) in [7, 11) is 5.23. The van der Waals surface area contributed by atoms with E-state index in [9.17, 15) is 4.79 Å². The summed E-state index contributed by atoms with van der Waals surface area (Å²) in [5, 5.41) is 1.86. The molecule has 0 unspecified atom stereocenters. The van der Waals surface area contributed by atoms with E-state index in [0.717, 1.165) is 13.0 Å². The minimum Gasteiger partial charge on any atom is -0.469 e. The number of hydrazine groups is 1.